The SMILES string of the molecule is CCOCCN(CCOCC)Cc1nc(C)cc(Cl)n1. The van der Waals surface area contributed by atoms with Gasteiger partial charge in [-0.3, -0.25) is 4.90 Å². The molecule has 6 heteroatoms. The summed E-state index contributed by atoms with van der Waals surface area (Å²) >= 11 is 5.97. The molecule has 0 spiro atoms. The Kier molecular flexibility index (Phi) is 8.69. The second-order valence-corrected chi connectivity index (χ2v) is 4.81. The zero-order valence-electron chi connectivity index (χ0n) is 12.6. The Balaban J connectivity index is 2.56. The van der Waals surface area contributed by atoms with Crippen molar-refractivity contribution in [2.45, 2.75) is 27.3 Å². The van der Waals surface area contributed by atoms with Gasteiger partial charge in [0.05, 0.1) is 19.8 Å². The second-order valence-electron chi connectivity index (χ2n) is 4.42. The maximum Gasteiger partial charge on any atom is 0.144 e. The lowest BCUT2D eigenvalue weighted by Gasteiger charge is -2.21. The molecule has 114 valence electrons. The Morgan fingerprint density at radius 3 is 2.20 bits per heavy atom. The van der Waals surface area contributed by atoms with Crippen LogP contribution in [0, 0.1) is 6.92 Å². The number of nitrogens with zero attached hydrogens (tertiary/aromatic N) is 3. The minimum Gasteiger partial charge on any atom is -0.380 e. The predicted octanol–water partition coefficient (Wildman–Crippen LogP) is 2.31. The van der Waals surface area contributed by atoms with Crippen molar-refractivity contribution in [2.75, 3.05) is 39.5 Å². The van der Waals surface area contributed by atoms with Gasteiger partial charge in [0, 0.05) is 32.0 Å². The van der Waals surface area contributed by atoms with Gasteiger partial charge in [-0.1, -0.05) is 11.6 Å². The molecule has 1 aromatic heterocycles. The smallest absolute Gasteiger partial charge is 0.144 e. The predicted molar refractivity (Wildman–Crippen MR) is 80.0 cm³/mol. The summed E-state index contributed by atoms with van der Waals surface area (Å²) < 4.78 is 10.8. The molecule has 0 atom stereocenters. The number of rotatable bonds is 10. The molecule has 0 saturated heterocycles. The van der Waals surface area contributed by atoms with Crippen molar-refractivity contribution in [3.8, 4) is 0 Å². The summed E-state index contributed by atoms with van der Waals surface area (Å²) in [6, 6.07) is 1.76. The molecule has 0 amide bonds. The van der Waals surface area contributed by atoms with Gasteiger partial charge in [0.1, 0.15) is 11.0 Å². The van der Waals surface area contributed by atoms with Crippen LogP contribution in [0.2, 0.25) is 5.15 Å². The Morgan fingerprint density at radius 1 is 1.10 bits per heavy atom. The van der Waals surface area contributed by atoms with E-state index in [1.165, 1.54) is 0 Å². The molecule has 0 aliphatic carbocycles. The normalized spacial score (nSPS) is 11.2. The standard InChI is InChI=1S/C14H24ClN3O2/c1-4-19-8-6-18(7-9-20-5-2)11-14-16-12(3)10-13(15)17-14/h10H,4-9,11H2,1-3H3. The monoisotopic (exact) mass is 301 g/mol. The van der Waals surface area contributed by atoms with Crippen molar-refractivity contribution >= 4 is 11.6 Å². The highest BCUT2D eigenvalue weighted by Gasteiger charge is 2.09. The quantitative estimate of drug-likeness (QED) is 0.490. The van der Waals surface area contributed by atoms with E-state index < -0.39 is 0 Å². The maximum atomic E-state index is 5.97. The fourth-order valence-corrected chi connectivity index (χ4v) is 2.06. The van der Waals surface area contributed by atoms with E-state index in [-0.39, 0.29) is 0 Å². The van der Waals surface area contributed by atoms with Gasteiger partial charge in [-0.2, -0.15) is 0 Å². The molecule has 0 unspecified atom stereocenters. The summed E-state index contributed by atoms with van der Waals surface area (Å²) in [5.41, 5.74) is 0.884. The number of halogens is 1. The third-order valence-corrected chi connectivity index (χ3v) is 2.94. The van der Waals surface area contributed by atoms with Crippen molar-refractivity contribution in [3.63, 3.8) is 0 Å². The van der Waals surface area contributed by atoms with E-state index in [0.29, 0.717) is 24.9 Å². The van der Waals surface area contributed by atoms with Crippen LogP contribution in [0.3, 0.4) is 0 Å². The molecule has 1 heterocycles. The third-order valence-electron chi connectivity index (χ3n) is 2.75. The van der Waals surface area contributed by atoms with Gasteiger partial charge in [0.2, 0.25) is 0 Å². The molecule has 0 bridgehead atoms. The molecule has 0 N–H and O–H groups in total. The van der Waals surface area contributed by atoms with E-state index in [9.17, 15) is 0 Å². The fourth-order valence-electron chi connectivity index (χ4n) is 1.81. The largest absolute Gasteiger partial charge is 0.380 e. The van der Waals surface area contributed by atoms with Gasteiger partial charge < -0.3 is 9.47 Å². The number of hydrogen-bond donors (Lipinski definition) is 0. The average molecular weight is 302 g/mol. The van der Waals surface area contributed by atoms with Crippen molar-refractivity contribution in [1.82, 2.24) is 14.9 Å². The molecule has 0 fully saturated rings. The maximum absolute atomic E-state index is 5.97. The van der Waals surface area contributed by atoms with Crippen LogP contribution >= 0.6 is 11.6 Å². The van der Waals surface area contributed by atoms with Crippen LogP contribution in [0.1, 0.15) is 25.4 Å². The molecule has 0 aliphatic rings. The molecular formula is C14H24ClN3O2. The van der Waals surface area contributed by atoms with Gasteiger partial charge in [0.15, 0.2) is 0 Å². The molecule has 0 saturated carbocycles. The van der Waals surface area contributed by atoms with E-state index in [1.54, 1.807) is 6.07 Å². The zero-order valence-corrected chi connectivity index (χ0v) is 13.3. The highest BCUT2D eigenvalue weighted by atomic mass is 35.5. The van der Waals surface area contributed by atoms with Crippen LogP contribution in [0.25, 0.3) is 0 Å². The van der Waals surface area contributed by atoms with Gasteiger partial charge in [-0.05, 0) is 26.8 Å². The first-order chi connectivity index (χ1) is 9.65. The van der Waals surface area contributed by atoms with E-state index in [0.717, 1.165) is 37.8 Å². The number of hydrogen-bond acceptors (Lipinski definition) is 5. The van der Waals surface area contributed by atoms with Crippen molar-refractivity contribution in [2.24, 2.45) is 0 Å². The lowest BCUT2D eigenvalue weighted by molar-refractivity contribution is 0.0787. The highest BCUT2D eigenvalue weighted by Crippen LogP contribution is 2.08. The average Bonchev–Trinajstić information content (AvgIpc) is 2.38. The number of aromatic nitrogens is 2. The minimum atomic E-state index is 0.488. The highest BCUT2D eigenvalue weighted by molar-refractivity contribution is 6.29. The molecule has 0 aromatic carbocycles. The van der Waals surface area contributed by atoms with Crippen LogP contribution in [0.15, 0.2) is 6.07 Å². The van der Waals surface area contributed by atoms with Crippen LogP contribution in [-0.4, -0.2) is 54.4 Å². The Labute approximate surface area is 126 Å². The van der Waals surface area contributed by atoms with Crippen LogP contribution in [0.5, 0.6) is 0 Å². The molecule has 1 aromatic rings. The summed E-state index contributed by atoms with van der Waals surface area (Å²) in [6.45, 7) is 11.1. The molecule has 5 nitrogen and oxygen atoms in total. The fraction of sp³-hybridized carbons (Fsp3) is 0.714. The third kappa shape index (κ3) is 7.14. The first-order valence-electron chi connectivity index (χ1n) is 7.03. The van der Waals surface area contributed by atoms with Gasteiger partial charge in [-0.15, -0.1) is 0 Å². The molecular weight excluding hydrogens is 278 g/mol. The topological polar surface area (TPSA) is 47.5 Å². The number of ether oxygens (including phenoxy) is 2. The van der Waals surface area contributed by atoms with Crippen molar-refractivity contribution in [3.05, 3.63) is 22.7 Å². The Bertz CT molecular complexity index is 360. The van der Waals surface area contributed by atoms with Gasteiger partial charge in [0.25, 0.3) is 0 Å². The van der Waals surface area contributed by atoms with E-state index >= 15 is 0 Å². The van der Waals surface area contributed by atoms with Crippen LogP contribution < -0.4 is 0 Å². The van der Waals surface area contributed by atoms with Crippen molar-refractivity contribution < 1.29 is 9.47 Å². The summed E-state index contributed by atoms with van der Waals surface area (Å²) in [4.78, 5) is 10.9. The summed E-state index contributed by atoms with van der Waals surface area (Å²) in [5, 5.41) is 0.488. The Morgan fingerprint density at radius 2 is 1.70 bits per heavy atom. The molecule has 20 heavy (non-hydrogen) atoms. The van der Waals surface area contributed by atoms with Gasteiger partial charge in [-0.25, -0.2) is 9.97 Å². The van der Waals surface area contributed by atoms with E-state index in [2.05, 4.69) is 14.9 Å². The first kappa shape index (κ1) is 17.3. The summed E-state index contributed by atoms with van der Waals surface area (Å²) in [7, 11) is 0. The van der Waals surface area contributed by atoms with Gasteiger partial charge >= 0.3 is 0 Å². The zero-order chi connectivity index (χ0) is 14.8. The molecule has 1 rings (SSSR count). The minimum absolute atomic E-state index is 0.488. The van der Waals surface area contributed by atoms with E-state index in [1.807, 2.05) is 20.8 Å². The summed E-state index contributed by atoms with van der Waals surface area (Å²) in [5.74, 6) is 0.739. The van der Waals surface area contributed by atoms with Crippen LogP contribution in [-0.2, 0) is 16.0 Å². The van der Waals surface area contributed by atoms with Crippen LogP contribution in [0.4, 0.5) is 0 Å². The molecule has 0 radical (unpaired) electrons. The lowest BCUT2D eigenvalue weighted by atomic mass is 10.4. The first-order valence-corrected chi connectivity index (χ1v) is 7.41. The van der Waals surface area contributed by atoms with E-state index in [4.69, 9.17) is 21.1 Å². The molecule has 0 aliphatic heterocycles. The summed E-state index contributed by atoms with van der Waals surface area (Å²) in [6.07, 6.45) is 0. The lowest BCUT2D eigenvalue weighted by Crippen LogP contribution is -2.31. The second kappa shape index (κ2) is 10.0. The number of aryl methyl sites for hydroxylation is 1. The Hall–Kier alpha value is -0.750. The van der Waals surface area contributed by atoms with Crippen molar-refractivity contribution in [1.29, 1.82) is 0 Å².